The van der Waals surface area contributed by atoms with Gasteiger partial charge < -0.3 is 10.4 Å². The predicted octanol–water partition coefficient (Wildman–Crippen LogP) is 2.94. The fourth-order valence-electron chi connectivity index (χ4n) is 1.30. The number of halogens is 1. The Labute approximate surface area is 103 Å². The monoisotopic (exact) mass is 254 g/mol. The van der Waals surface area contributed by atoms with Crippen LogP contribution in [0.5, 0.6) is 0 Å². The van der Waals surface area contributed by atoms with Crippen molar-refractivity contribution in [2.75, 3.05) is 11.9 Å². The molecule has 0 aliphatic carbocycles. The molecule has 0 saturated heterocycles. The van der Waals surface area contributed by atoms with Gasteiger partial charge >= 0.3 is 0 Å². The van der Waals surface area contributed by atoms with Crippen molar-refractivity contribution in [1.29, 1.82) is 0 Å². The molecule has 0 amide bonds. The summed E-state index contributed by atoms with van der Waals surface area (Å²) in [6.45, 7) is 0.440. The van der Waals surface area contributed by atoms with E-state index in [1.807, 2.05) is 17.5 Å². The van der Waals surface area contributed by atoms with Crippen molar-refractivity contribution in [3.8, 4) is 0 Å². The van der Waals surface area contributed by atoms with E-state index in [4.69, 9.17) is 11.6 Å². The van der Waals surface area contributed by atoms with Crippen LogP contribution in [0.1, 0.15) is 11.7 Å². The molecule has 0 bridgehead atoms. The van der Waals surface area contributed by atoms with E-state index in [0.717, 1.165) is 10.7 Å². The molecular formula is C11H11ClN2OS. The molecule has 1 unspecified atom stereocenters. The minimum absolute atomic E-state index is 0.440. The van der Waals surface area contributed by atoms with Gasteiger partial charge in [-0.2, -0.15) is 0 Å². The van der Waals surface area contributed by atoms with Gasteiger partial charge in [0.05, 0.1) is 6.10 Å². The maximum absolute atomic E-state index is 9.88. The molecular weight excluding hydrogens is 244 g/mol. The predicted molar refractivity (Wildman–Crippen MR) is 67.0 cm³/mol. The van der Waals surface area contributed by atoms with Crippen molar-refractivity contribution >= 4 is 28.1 Å². The Bertz CT molecular complexity index is 430. The standard InChI is InChI=1S/C11H11ClN2OS/c12-9-3-1-8(2-4-9)10(15)7-14-11-13-5-6-16-11/h1-6,10,15H,7H2,(H,13,14). The number of aliphatic hydroxyl groups is 1. The van der Waals surface area contributed by atoms with Crippen LogP contribution in [0, 0.1) is 0 Å². The van der Waals surface area contributed by atoms with Crippen molar-refractivity contribution < 1.29 is 5.11 Å². The van der Waals surface area contributed by atoms with Crippen LogP contribution >= 0.6 is 22.9 Å². The van der Waals surface area contributed by atoms with E-state index in [9.17, 15) is 5.11 Å². The van der Waals surface area contributed by atoms with E-state index in [-0.39, 0.29) is 0 Å². The number of benzene rings is 1. The summed E-state index contributed by atoms with van der Waals surface area (Å²) in [5, 5.41) is 16.3. The van der Waals surface area contributed by atoms with Crippen LogP contribution in [-0.4, -0.2) is 16.6 Å². The summed E-state index contributed by atoms with van der Waals surface area (Å²) in [7, 11) is 0. The zero-order valence-electron chi connectivity index (χ0n) is 8.43. The van der Waals surface area contributed by atoms with Gasteiger partial charge in [0.1, 0.15) is 0 Å². The van der Waals surface area contributed by atoms with Crippen molar-refractivity contribution in [3.63, 3.8) is 0 Å². The lowest BCUT2D eigenvalue weighted by molar-refractivity contribution is 0.191. The highest BCUT2D eigenvalue weighted by Gasteiger charge is 2.07. The van der Waals surface area contributed by atoms with Crippen LogP contribution in [0.25, 0.3) is 0 Å². The lowest BCUT2D eigenvalue weighted by Gasteiger charge is -2.11. The van der Waals surface area contributed by atoms with Gasteiger partial charge in [-0.25, -0.2) is 4.98 Å². The van der Waals surface area contributed by atoms with Crippen molar-refractivity contribution in [2.24, 2.45) is 0 Å². The quantitative estimate of drug-likeness (QED) is 0.882. The van der Waals surface area contributed by atoms with E-state index in [1.54, 1.807) is 18.3 Å². The Morgan fingerprint density at radius 2 is 2.12 bits per heavy atom. The van der Waals surface area contributed by atoms with Crippen LogP contribution in [-0.2, 0) is 0 Å². The van der Waals surface area contributed by atoms with Crippen LogP contribution in [0.4, 0.5) is 5.13 Å². The summed E-state index contributed by atoms with van der Waals surface area (Å²) in [5.41, 5.74) is 0.841. The molecule has 1 atom stereocenters. The van der Waals surface area contributed by atoms with E-state index < -0.39 is 6.10 Å². The highest BCUT2D eigenvalue weighted by molar-refractivity contribution is 7.13. The number of nitrogens with one attached hydrogen (secondary N) is 1. The fourth-order valence-corrected chi connectivity index (χ4v) is 1.96. The van der Waals surface area contributed by atoms with Crippen molar-refractivity contribution in [1.82, 2.24) is 4.98 Å². The summed E-state index contributed by atoms with van der Waals surface area (Å²) in [4.78, 5) is 4.07. The summed E-state index contributed by atoms with van der Waals surface area (Å²) in [5.74, 6) is 0. The first-order chi connectivity index (χ1) is 7.75. The molecule has 2 rings (SSSR count). The fraction of sp³-hybridized carbons (Fsp3) is 0.182. The first kappa shape index (κ1) is 11.4. The molecule has 0 aliphatic rings. The average molecular weight is 255 g/mol. The molecule has 0 fully saturated rings. The number of rotatable bonds is 4. The summed E-state index contributed by atoms with van der Waals surface area (Å²) >= 11 is 7.28. The first-order valence-corrected chi connectivity index (χ1v) is 6.08. The largest absolute Gasteiger partial charge is 0.387 e. The minimum Gasteiger partial charge on any atom is -0.387 e. The minimum atomic E-state index is -0.554. The van der Waals surface area contributed by atoms with Gasteiger partial charge in [0, 0.05) is 23.1 Å². The highest BCUT2D eigenvalue weighted by Crippen LogP contribution is 2.18. The molecule has 3 nitrogen and oxygen atoms in total. The molecule has 1 heterocycles. The number of thiazole rings is 1. The lowest BCUT2D eigenvalue weighted by Crippen LogP contribution is -2.11. The Morgan fingerprint density at radius 3 is 2.75 bits per heavy atom. The molecule has 1 aromatic carbocycles. The van der Waals surface area contributed by atoms with Crippen LogP contribution in [0.15, 0.2) is 35.8 Å². The van der Waals surface area contributed by atoms with E-state index in [0.29, 0.717) is 11.6 Å². The third-order valence-corrected chi connectivity index (χ3v) is 3.12. The zero-order valence-corrected chi connectivity index (χ0v) is 10.0. The van der Waals surface area contributed by atoms with Crippen LogP contribution in [0.2, 0.25) is 5.02 Å². The number of nitrogens with zero attached hydrogens (tertiary/aromatic N) is 1. The smallest absolute Gasteiger partial charge is 0.182 e. The van der Waals surface area contributed by atoms with Gasteiger partial charge in [0.2, 0.25) is 0 Å². The number of hydrogen-bond acceptors (Lipinski definition) is 4. The molecule has 0 aliphatic heterocycles. The second-order valence-corrected chi connectivity index (χ2v) is 4.62. The molecule has 5 heteroatoms. The zero-order chi connectivity index (χ0) is 11.4. The number of anilines is 1. The number of aliphatic hydroxyl groups excluding tert-OH is 1. The van der Waals surface area contributed by atoms with Gasteiger partial charge in [-0.15, -0.1) is 11.3 Å². The topological polar surface area (TPSA) is 45.1 Å². The maximum Gasteiger partial charge on any atom is 0.182 e. The summed E-state index contributed by atoms with van der Waals surface area (Å²) < 4.78 is 0. The van der Waals surface area contributed by atoms with E-state index >= 15 is 0 Å². The van der Waals surface area contributed by atoms with Crippen molar-refractivity contribution in [2.45, 2.75) is 6.10 Å². The first-order valence-electron chi connectivity index (χ1n) is 4.82. The lowest BCUT2D eigenvalue weighted by atomic mass is 10.1. The summed E-state index contributed by atoms with van der Waals surface area (Å²) in [6, 6.07) is 7.17. The van der Waals surface area contributed by atoms with Crippen LogP contribution in [0.3, 0.4) is 0 Å². The number of aromatic nitrogens is 1. The number of hydrogen-bond donors (Lipinski definition) is 2. The molecule has 0 radical (unpaired) electrons. The Hall–Kier alpha value is -1.10. The molecule has 16 heavy (non-hydrogen) atoms. The van der Waals surface area contributed by atoms with Crippen LogP contribution < -0.4 is 5.32 Å². The molecule has 0 saturated carbocycles. The van der Waals surface area contributed by atoms with Crippen molar-refractivity contribution in [3.05, 3.63) is 46.4 Å². The molecule has 2 aromatic rings. The average Bonchev–Trinajstić information content (AvgIpc) is 2.80. The Balaban J connectivity index is 1.93. The third kappa shape index (κ3) is 2.95. The molecule has 84 valence electrons. The molecule has 2 N–H and O–H groups in total. The van der Waals surface area contributed by atoms with E-state index in [1.165, 1.54) is 11.3 Å². The van der Waals surface area contributed by atoms with Gasteiger partial charge in [0.15, 0.2) is 5.13 Å². The van der Waals surface area contributed by atoms with E-state index in [2.05, 4.69) is 10.3 Å². The second kappa shape index (κ2) is 5.30. The van der Waals surface area contributed by atoms with Gasteiger partial charge in [0.25, 0.3) is 0 Å². The SMILES string of the molecule is OC(CNc1nccs1)c1ccc(Cl)cc1. The maximum atomic E-state index is 9.88. The Morgan fingerprint density at radius 1 is 1.38 bits per heavy atom. The van der Waals surface area contributed by atoms with Gasteiger partial charge in [-0.05, 0) is 17.7 Å². The Kier molecular flexibility index (Phi) is 3.77. The second-order valence-electron chi connectivity index (χ2n) is 3.29. The summed E-state index contributed by atoms with van der Waals surface area (Å²) in [6.07, 6.45) is 1.17. The third-order valence-electron chi connectivity index (χ3n) is 2.13. The van der Waals surface area contributed by atoms with Gasteiger partial charge in [-0.3, -0.25) is 0 Å². The normalized spacial score (nSPS) is 12.4. The van der Waals surface area contributed by atoms with Gasteiger partial charge in [-0.1, -0.05) is 23.7 Å². The molecule has 1 aromatic heterocycles. The highest BCUT2D eigenvalue weighted by atomic mass is 35.5. The molecule has 0 spiro atoms.